The Morgan fingerprint density at radius 3 is 2.50 bits per heavy atom. The van der Waals surface area contributed by atoms with Gasteiger partial charge in [0.1, 0.15) is 0 Å². The van der Waals surface area contributed by atoms with E-state index >= 15 is 0 Å². The maximum Gasteiger partial charge on any atom is 0.257 e. The second-order valence-corrected chi connectivity index (χ2v) is 5.25. The molecule has 1 aliphatic rings. The molecule has 0 aliphatic carbocycles. The van der Waals surface area contributed by atoms with Gasteiger partial charge in [-0.2, -0.15) is 5.10 Å². The van der Waals surface area contributed by atoms with E-state index in [2.05, 4.69) is 17.0 Å². The summed E-state index contributed by atoms with van der Waals surface area (Å²) < 4.78 is 1.70. The topological polar surface area (TPSA) is 41.4 Å². The molecule has 1 aromatic rings. The minimum Gasteiger partial charge on any atom is -0.339 e. The highest BCUT2D eigenvalue weighted by Crippen LogP contribution is 2.17. The van der Waals surface area contributed by atoms with Crippen LogP contribution in [-0.4, -0.2) is 58.7 Å². The Kier molecular flexibility index (Phi) is 3.71. The van der Waals surface area contributed by atoms with E-state index in [-0.39, 0.29) is 5.91 Å². The number of likely N-dealkylation sites (tertiary alicyclic amines) is 1. The van der Waals surface area contributed by atoms with Crippen molar-refractivity contribution in [3.05, 3.63) is 17.5 Å². The van der Waals surface area contributed by atoms with Crippen molar-refractivity contribution in [1.29, 1.82) is 0 Å². The second kappa shape index (κ2) is 5.10. The number of carbonyl (C=O) groups is 1. The van der Waals surface area contributed by atoms with Crippen LogP contribution >= 0.6 is 0 Å². The average Bonchev–Trinajstić information content (AvgIpc) is 2.67. The molecule has 0 N–H and O–H groups in total. The van der Waals surface area contributed by atoms with Crippen molar-refractivity contribution in [1.82, 2.24) is 19.6 Å². The first-order valence-electron chi connectivity index (χ1n) is 6.45. The summed E-state index contributed by atoms with van der Waals surface area (Å²) in [5, 5.41) is 4.23. The molecule has 0 spiro atoms. The number of hydrogen-bond donors (Lipinski definition) is 0. The fourth-order valence-corrected chi connectivity index (χ4v) is 2.55. The van der Waals surface area contributed by atoms with Crippen molar-refractivity contribution in [2.75, 3.05) is 27.2 Å². The van der Waals surface area contributed by atoms with Crippen molar-refractivity contribution < 1.29 is 4.79 Å². The largest absolute Gasteiger partial charge is 0.339 e. The summed E-state index contributed by atoms with van der Waals surface area (Å²) >= 11 is 0. The van der Waals surface area contributed by atoms with Gasteiger partial charge in [-0.05, 0) is 39.9 Å². The lowest BCUT2D eigenvalue weighted by Crippen LogP contribution is -2.44. The van der Waals surface area contributed by atoms with Crippen LogP contribution in [0.3, 0.4) is 0 Å². The highest BCUT2D eigenvalue weighted by atomic mass is 16.2. The van der Waals surface area contributed by atoms with Gasteiger partial charge in [-0.1, -0.05) is 0 Å². The molecule has 1 amide bonds. The van der Waals surface area contributed by atoms with Crippen LogP contribution in [0.15, 0.2) is 6.20 Å². The molecule has 0 atom stereocenters. The van der Waals surface area contributed by atoms with Crippen molar-refractivity contribution in [3.63, 3.8) is 0 Å². The molecule has 1 fully saturated rings. The number of nitrogens with zero attached hydrogens (tertiary/aromatic N) is 4. The van der Waals surface area contributed by atoms with Crippen molar-refractivity contribution in [2.45, 2.75) is 25.8 Å². The smallest absolute Gasteiger partial charge is 0.257 e. The molecule has 1 saturated heterocycles. The minimum atomic E-state index is 0.0927. The van der Waals surface area contributed by atoms with Gasteiger partial charge in [0.15, 0.2) is 0 Å². The summed E-state index contributed by atoms with van der Waals surface area (Å²) in [5.41, 5.74) is 1.53. The number of aryl methyl sites for hydroxylation is 2. The quantitative estimate of drug-likeness (QED) is 0.783. The van der Waals surface area contributed by atoms with Gasteiger partial charge in [0.2, 0.25) is 0 Å². The molecular formula is C13H22N4O. The molecule has 0 bridgehead atoms. The third-order valence-corrected chi connectivity index (χ3v) is 3.80. The number of carbonyl (C=O) groups excluding carboxylic acids is 1. The van der Waals surface area contributed by atoms with Crippen molar-refractivity contribution >= 4 is 5.91 Å². The third-order valence-electron chi connectivity index (χ3n) is 3.80. The van der Waals surface area contributed by atoms with Crippen LogP contribution in [0.5, 0.6) is 0 Å². The zero-order chi connectivity index (χ0) is 13.3. The molecule has 0 saturated carbocycles. The van der Waals surface area contributed by atoms with E-state index in [0.29, 0.717) is 6.04 Å². The van der Waals surface area contributed by atoms with E-state index in [4.69, 9.17) is 0 Å². The SMILES string of the molecule is Cc1nn(C)cc1C(=O)N(C)C1CCN(C)CC1. The molecule has 1 aromatic heterocycles. The van der Waals surface area contributed by atoms with Gasteiger partial charge in [0.05, 0.1) is 11.3 Å². The maximum atomic E-state index is 12.4. The summed E-state index contributed by atoms with van der Waals surface area (Å²) in [6, 6.07) is 0.355. The lowest BCUT2D eigenvalue weighted by molar-refractivity contribution is 0.0659. The second-order valence-electron chi connectivity index (χ2n) is 5.25. The van der Waals surface area contributed by atoms with E-state index in [0.717, 1.165) is 37.2 Å². The van der Waals surface area contributed by atoms with Gasteiger partial charge < -0.3 is 9.80 Å². The molecule has 18 heavy (non-hydrogen) atoms. The highest BCUT2D eigenvalue weighted by Gasteiger charge is 2.26. The Bertz CT molecular complexity index is 432. The Labute approximate surface area is 108 Å². The first-order valence-corrected chi connectivity index (χ1v) is 6.45. The number of aromatic nitrogens is 2. The molecule has 5 nitrogen and oxygen atoms in total. The number of hydrogen-bond acceptors (Lipinski definition) is 3. The normalized spacial score (nSPS) is 18.0. The highest BCUT2D eigenvalue weighted by molar-refractivity contribution is 5.95. The van der Waals surface area contributed by atoms with Gasteiger partial charge in [-0.3, -0.25) is 9.48 Å². The van der Waals surface area contributed by atoms with Crippen LogP contribution in [0.25, 0.3) is 0 Å². The summed E-state index contributed by atoms with van der Waals surface area (Å²) in [6.45, 7) is 4.01. The minimum absolute atomic E-state index is 0.0927. The number of piperidine rings is 1. The van der Waals surface area contributed by atoms with Crippen LogP contribution in [-0.2, 0) is 7.05 Å². The van der Waals surface area contributed by atoms with Crippen molar-refractivity contribution in [3.8, 4) is 0 Å². The van der Waals surface area contributed by atoms with E-state index in [1.807, 2.05) is 32.1 Å². The Hall–Kier alpha value is -1.36. The first kappa shape index (κ1) is 13.1. The molecule has 1 aliphatic heterocycles. The number of amides is 1. The Balaban J connectivity index is 2.07. The van der Waals surface area contributed by atoms with E-state index in [1.54, 1.807) is 4.68 Å². The maximum absolute atomic E-state index is 12.4. The zero-order valence-corrected chi connectivity index (χ0v) is 11.7. The van der Waals surface area contributed by atoms with Gasteiger partial charge in [-0.15, -0.1) is 0 Å². The monoisotopic (exact) mass is 250 g/mol. The van der Waals surface area contributed by atoms with E-state index in [1.165, 1.54) is 0 Å². The predicted octanol–water partition coefficient (Wildman–Crippen LogP) is 0.895. The average molecular weight is 250 g/mol. The summed E-state index contributed by atoms with van der Waals surface area (Å²) in [4.78, 5) is 16.6. The van der Waals surface area contributed by atoms with Crippen LogP contribution in [0.2, 0.25) is 0 Å². The van der Waals surface area contributed by atoms with Crippen LogP contribution in [0.4, 0.5) is 0 Å². The fraction of sp³-hybridized carbons (Fsp3) is 0.692. The van der Waals surface area contributed by atoms with Crippen LogP contribution < -0.4 is 0 Å². The zero-order valence-electron chi connectivity index (χ0n) is 11.7. The molecule has 2 heterocycles. The molecular weight excluding hydrogens is 228 g/mol. The number of rotatable bonds is 2. The summed E-state index contributed by atoms with van der Waals surface area (Å²) in [7, 11) is 5.88. The standard InChI is InChI=1S/C13H22N4O/c1-10-12(9-16(3)14-10)13(18)17(4)11-5-7-15(2)8-6-11/h9,11H,5-8H2,1-4H3. The Morgan fingerprint density at radius 2 is 2.00 bits per heavy atom. The van der Waals surface area contributed by atoms with Crippen LogP contribution in [0.1, 0.15) is 28.9 Å². The van der Waals surface area contributed by atoms with Crippen LogP contribution in [0, 0.1) is 6.92 Å². The predicted molar refractivity (Wildman–Crippen MR) is 70.6 cm³/mol. The molecule has 2 rings (SSSR count). The van der Waals surface area contributed by atoms with Gasteiger partial charge in [0.25, 0.3) is 5.91 Å². The lowest BCUT2D eigenvalue weighted by Gasteiger charge is -2.35. The van der Waals surface area contributed by atoms with E-state index in [9.17, 15) is 4.79 Å². The molecule has 5 heteroatoms. The van der Waals surface area contributed by atoms with Gasteiger partial charge in [-0.25, -0.2) is 0 Å². The molecule has 0 unspecified atom stereocenters. The molecule has 0 aromatic carbocycles. The summed E-state index contributed by atoms with van der Waals surface area (Å²) in [6.07, 6.45) is 3.92. The fourth-order valence-electron chi connectivity index (χ4n) is 2.55. The van der Waals surface area contributed by atoms with E-state index < -0.39 is 0 Å². The van der Waals surface area contributed by atoms with Crippen molar-refractivity contribution in [2.24, 2.45) is 7.05 Å². The van der Waals surface area contributed by atoms with Gasteiger partial charge in [0, 0.05) is 26.3 Å². The Morgan fingerprint density at radius 1 is 1.39 bits per heavy atom. The molecule has 0 radical (unpaired) electrons. The first-order chi connectivity index (χ1) is 8.49. The lowest BCUT2D eigenvalue weighted by atomic mass is 10.0. The van der Waals surface area contributed by atoms with Gasteiger partial charge >= 0.3 is 0 Å². The summed E-state index contributed by atoms with van der Waals surface area (Å²) in [5.74, 6) is 0.0927. The molecule has 100 valence electrons. The third kappa shape index (κ3) is 2.56.